The Labute approximate surface area is 120 Å². The SMILES string of the molecule is Cc1cnc(C(C)NC(=O)c2cc(N)ccc2Cl)s1. The second-order valence-electron chi connectivity index (χ2n) is 4.24. The van der Waals surface area contributed by atoms with E-state index in [9.17, 15) is 4.79 Å². The van der Waals surface area contributed by atoms with Crippen LogP contribution in [0.25, 0.3) is 0 Å². The number of nitrogen functional groups attached to an aromatic ring is 1. The van der Waals surface area contributed by atoms with Crippen molar-refractivity contribution in [3.63, 3.8) is 0 Å². The third-order valence-electron chi connectivity index (χ3n) is 2.59. The number of aromatic nitrogens is 1. The summed E-state index contributed by atoms with van der Waals surface area (Å²) in [7, 11) is 0. The number of carbonyl (C=O) groups is 1. The molecule has 0 spiro atoms. The fourth-order valence-corrected chi connectivity index (χ4v) is 2.61. The third-order valence-corrected chi connectivity index (χ3v) is 4.02. The lowest BCUT2D eigenvalue weighted by Gasteiger charge is -2.12. The first kappa shape index (κ1) is 13.8. The Balaban J connectivity index is 2.15. The van der Waals surface area contributed by atoms with Crippen LogP contribution in [-0.4, -0.2) is 10.9 Å². The monoisotopic (exact) mass is 295 g/mol. The molecule has 1 aromatic carbocycles. The Morgan fingerprint density at radius 2 is 2.26 bits per heavy atom. The molecule has 4 nitrogen and oxygen atoms in total. The molecule has 2 rings (SSSR count). The maximum absolute atomic E-state index is 12.1. The van der Waals surface area contributed by atoms with Gasteiger partial charge in [0.1, 0.15) is 5.01 Å². The smallest absolute Gasteiger partial charge is 0.253 e. The Bertz CT molecular complexity index is 612. The fourth-order valence-electron chi connectivity index (χ4n) is 1.63. The molecule has 100 valence electrons. The number of amides is 1. The van der Waals surface area contributed by atoms with Gasteiger partial charge in [0.2, 0.25) is 0 Å². The number of benzene rings is 1. The second kappa shape index (κ2) is 5.59. The minimum absolute atomic E-state index is 0.163. The molecule has 0 aliphatic heterocycles. The van der Waals surface area contributed by atoms with Crippen LogP contribution in [0.15, 0.2) is 24.4 Å². The van der Waals surface area contributed by atoms with Crippen molar-refractivity contribution >= 4 is 34.5 Å². The number of aryl methyl sites for hydroxylation is 1. The Morgan fingerprint density at radius 3 is 2.89 bits per heavy atom. The van der Waals surface area contributed by atoms with E-state index in [0.29, 0.717) is 16.3 Å². The van der Waals surface area contributed by atoms with E-state index < -0.39 is 0 Å². The van der Waals surface area contributed by atoms with Crippen molar-refractivity contribution in [2.75, 3.05) is 5.73 Å². The number of thiazole rings is 1. The summed E-state index contributed by atoms with van der Waals surface area (Å²) in [6.07, 6.45) is 1.79. The summed E-state index contributed by atoms with van der Waals surface area (Å²) < 4.78 is 0. The molecular weight excluding hydrogens is 282 g/mol. The van der Waals surface area contributed by atoms with Crippen molar-refractivity contribution in [2.24, 2.45) is 0 Å². The Hall–Kier alpha value is -1.59. The van der Waals surface area contributed by atoms with Crippen molar-refractivity contribution in [2.45, 2.75) is 19.9 Å². The zero-order valence-electron chi connectivity index (χ0n) is 10.6. The minimum atomic E-state index is -0.252. The average molecular weight is 296 g/mol. The van der Waals surface area contributed by atoms with Gasteiger partial charge in [-0.1, -0.05) is 11.6 Å². The van der Waals surface area contributed by atoms with E-state index in [-0.39, 0.29) is 11.9 Å². The lowest BCUT2D eigenvalue weighted by Crippen LogP contribution is -2.26. The van der Waals surface area contributed by atoms with Crippen LogP contribution >= 0.6 is 22.9 Å². The first-order chi connectivity index (χ1) is 8.97. The van der Waals surface area contributed by atoms with Crippen molar-refractivity contribution in [3.05, 3.63) is 44.9 Å². The van der Waals surface area contributed by atoms with Gasteiger partial charge in [0, 0.05) is 16.8 Å². The molecule has 1 atom stereocenters. The molecule has 1 unspecified atom stereocenters. The number of anilines is 1. The van der Waals surface area contributed by atoms with E-state index in [1.807, 2.05) is 13.8 Å². The van der Waals surface area contributed by atoms with Crippen LogP contribution < -0.4 is 11.1 Å². The van der Waals surface area contributed by atoms with Crippen LogP contribution in [-0.2, 0) is 0 Å². The lowest BCUT2D eigenvalue weighted by atomic mass is 10.2. The van der Waals surface area contributed by atoms with Crippen molar-refractivity contribution in [1.82, 2.24) is 10.3 Å². The number of nitrogens with zero attached hydrogens (tertiary/aromatic N) is 1. The predicted octanol–water partition coefficient (Wildman–Crippen LogP) is 3.18. The van der Waals surface area contributed by atoms with Gasteiger partial charge in [-0.25, -0.2) is 4.98 Å². The van der Waals surface area contributed by atoms with E-state index in [0.717, 1.165) is 9.88 Å². The molecule has 1 heterocycles. The number of nitrogens with one attached hydrogen (secondary N) is 1. The van der Waals surface area contributed by atoms with Crippen LogP contribution in [0.4, 0.5) is 5.69 Å². The normalized spacial score (nSPS) is 12.2. The van der Waals surface area contributed by atoms with E-state index in [2.05, 4.69) is 10.3 Å². The van der Waals surface area contributed by atoms with Crippen molar-refractivity contribution in [1.29, 1.82) is 0 Å². The molecule has 0 fully saturated rings. The van der Waals surface area contributed by atoms with Gasteiger partial charge in [-0.2, -0.15) is 0 Å². The molecule has 0 bridgehead atoms. The van der Waals surface area contributed by atoms with E-state index in [1.54, 1.807) is 35.7 Å². The van der Waals surface area contributed by atoms with Gasteiger partial charge in [-0.3, -0.25) is 4.79 Å². The maximum atomic E-state index is 12.1. The minimum Gasteiger partial charge on any atom is -0.399 e. The molecule has 0 aliphatic rings. The summed E-state index contributed by atoms with van der Waals surface area (Å²) in [5.41, 5.74) is 6.55. The van der Waals surface area contributed by atoms with Crippen LogP contribution in [0.2, 0.25) is 5.02 Å². The molecule has 2 aromatic rings. The zero-order chi connectivity index (χ0) is 14.0. The largest absolute Gasteiger partial charge is 0.399 e. The van der Waals surface area contributed by atoms with E-state index in [4.69, 9.17) is 17.3 Å². The standard InChI is InChI=1S/C13H14ClN3OS/c1-7-6-16-13(19-7)8(2)17-12(18)10-5-9(15)3-4-11(10)14/h3-6,8H,15H2,1-2H3,(H,17,18). The van der Waals surface area contributed by atoms with Crippen LogP contribution in [0.1, 0.15) is 33.2 Å². The molecule has 19 heavy (non-hydrogen) atoms. The lowest BCUT2D eigenvalue weighted by molar-refractivity contribution is 0.0940. The quantitative estimate of drug-likeness (QED) is 0.855. The molecular formula is C13H14ClN3OS. The highest BCUT2D eigenvalue weighted by atomic mass is 35.5. The first-order valence-electron chi connectivity index (χ1n) is 5.75. The highest BCUT2D eigenvalue weighted by Gasteiger charge is 2.16. The number of hydrogen-bond acceptors (Lipinski definition) is 4. The first-order valence-corrected chi connectivity index (χ1v) is 6.95. The second-order valence-corrected chi connectivity index (χ2v) is 5.92. The van der Waals surface area contributed by atoms with Gasteiger partial charge >= 0.3 is 0 Å². The van der Waals surface area contributed by atoms with Gasteiger partial charge in [-0.15, -0.1) is 11.3 Å². The van der Waals surface area contributed by atoms with Gasteiger partial charge in [0.15, 0.2) is 0 Å². The van der Waals surface area contributed by atoms with Crippen LogP contribution in [0.3, 0.4) is 0 Å². The van der Waals surface area contributed by atoms with E-state index >= 15 is 0 Å². The Morgan fingerprint density at radius 1 is 1.53 bits per heavy atom. The average Bonchev–Trinajstić information content (AvgIpc) is 2.79. The fraction of sp³-hybridized carbons (Fsp3) is 0.231. The van der Waals surface area contributed by atoms with Gasteiger partial charge in [0.05, 0.1) is 16.6 Å². The molecule has 3 N–H and O–H groups in total. The Kier molecular flexibility index (Phi) is 4.07. The highest BCUT2D eigenvalue weighted by Crippen LogP contribution is 2.22. The van der Waals surface area contributed by atoms with Gasteiger partial charge in [0.25, 0.3) is 5.91 Å². The molecule has 6 heteroatoms. The number of hydrogen-bond donors (Lipinski definition) is 2. The topological polar surface area (TPSA) is 68.0 Å². The van der Waals surface area contributed by atoms with E-state index in [1.165, 1.54) is 0 Å². The third kappa shape index (κ3) is 3.24. The molecule has 0 radical (unpaired) electrons. The molecule has 1 amide bonds. The highest BCUT2D eigenvalue weighted by molar-refractivity contribution is 7.11. The van der Waals surface area contributed by atoms with Crippen molar-refractivity contribution < 1.29 is 4.79 Å². The van der Waals surface area contributed by atoms with Crippen LogP contribution in [0, 0.1) is 6.92 Å². The maximum Gasteiger partial charge on any atom is 0.253 e. The van der Waals surface area contributed by atoms with Crippen molar-refractivity contribution in [3.8, 4) is 0 Å². The molecule has 0 saturated heterocycles. The summed E-state index contributed by atoms with van der Waals surface area (Å²) in [6, 6.07) is 4.68. The molecule has 0 saturated carbocycles. The number of rotatable bonds is 3. The predicted molar refractivity (Wildman–Crippen MR) is 78.6 cm³/mol. The van der Waals surface area contributed by atoms with Crippen LogP contribution in [0.5, 0.6) is 0 Å². The number of halogens is 1. The van der Waals surface area contributed by atoms with Gasteiger partial charge < -0.3 is 11.1 Å². The number of carbonyl (C=O) groups excluding carboxylic acids is 1. The van der Waals surface area contributed by atoms with Gasteiger partial charge in [-0.05, 0) is 32.0 Å². The summed E-state index contributed by atoms with van der Waals surface area (Å²) in [5.74, 6) is -0.252. The zero-order valence-corrected chi connectivity index (χ0v) is 12.2. The summed E-state index contributed by atoms with van der Waals surface area (Å²) in [6.45, 7) is 3.86. The molecule has 0 aliphatic carbocycles. The summed E-state index contributed by atoms with van der Waals surface area (Å²) in [5, 5.41) is 4.11. The molecule has 1 aromatic heterocycles. The summed E-state index contributed by atoms with van der Waals surface area (Å²) >= 11 is 7.55. The number of nitrogens with two attached hydrogens (primary N) is 1. The summed E-state index contributed by atoms with van der Waals surface area (Å²) in [4.78, 5) is 17.5.